The Bertz CT molecular complexity index is 1080. The largest absolute Gasteiger partial charge is 0.339 e. The van der Waals surface area contributed by atoms with Crippen LogP contribution in [0.5, 0.6) is 0 Å². The summed E-state index contributed by atoms with van der Waals surface area (Å²) in [4.78, 5) is 34.1. The van der Waals surface area contributed by atoms with Crippen molar-refractivity contribution >= 4 is 21.9 Å². The average molecular weight is 278 g/mol. The van der Waals surface area contributed by atoms with Crippen molar-refractivity contribution in [1.82, 2.24) is 19.5 Å². The number of aromatic amines is 2. The number of hydrogen-bond donors (Lipinski definition) is 2. The van der Waals surface area contributed by atoms with Crippen molar-refractivity contribution in [2.75, 3.05) is 0 Å². The molecule has 0 spiro atoms. The molecule has 0 radical (unpaired) electrons. The van der Waals surface area contributed by atoms with Crippen molar-refractivity contribution in [2.45, 2.75) is 0 Å². The first kappa shape index (κ1) is 11.7. The summed E-state index contributed by atoms with van der Waals surface area (Å²) in [5.41, 5.74) is 0.179. The minimum atomic E-state index is -0.504. The number of nitrogens with one attached hydrogen (secondary N) is 2. The lowest BCUT2D eigenvalue weighted by molar-refractivity contribution is 0.903. The van der Waals surface area contributed by atoms with Gasteiger partial charge in [0, 0.05) is 5.39 Å². The number of aromatic nitrogens is 4. The Morgan fingerprint density at radius 1 is 1.00 bits per heavy atom. The highest BCUT2D eigenvalue weighted by Gasteiger charge is 2.12. The van der Waals surface area contributed by atoms with Crippen molar-refractivity contribution in [3.05, 3.63) is 69.6 Å². The van der Waals surface area contributed by atoms with Gasteiger partial charge in [-0.05, 0) is 11.5 Å². The van der Waals surface area contributed by atoms with Gasteiger partial charge in [0.2, 0.25) is 0 Å². The van der Waals surface area contributed by atoms with E-state index in [4.69, 9.17) is 0 Å². The fraction of sp³-hybridized carbons (Fsp3) is 0. The molecule has 0 bridgehead atoms. The molecule has 102 valence electrons. The summed E-state index contributed by atoms with van der Waals surface area (Å²) in [6.07, 6.45) is 1.38. The van der Waals surface area contributed by atoms with Crippen LogP contribution in [0, 0.1) is 0 Å². The Balaban J connectivity index is 2.19. The van der Waals surface area contributed by atoms with Crippen molar-refractivity contribution in [2.24, 2.45) is 0 Å². The minimum Gasteiger partial charge on any atom is -0.339 e. The van der Waals surface area contributed by atoms with Gasteiger partial charge in [-0.3, -0.25) is 9.78 Å². The van der Waals surface area contributed by atoms with Gasteiger partial charge in [0.25, 0.3) is 5.56 Å². The highest BCUT2D eigenvalue weighted by Crippen LogP contribution is 2.20. The zero-order valence-electron chi connectivity index (χ0n) is 10.8. The number of hydrogen-bond acceptors (Lipinski definition) is 3. The topological polar surface area (TPSA) is 83.5 Å². The molecular formula is C15H10N4O2. The number of imidazole rings is 1. The van der Waals surface area contributed by atoms with E-state index in [2.05, 4.69) is 15.0 Å². The van der Waals surface area contributed by atoms with Gasteiger partial charge in [0.05, 0.1) is 12.0 Å². The van der Waals surface area contributed by atoms with E-state index < -0.39 is 11.2 Å². The van der Waals surface area contributed by atoms with E-state index in [1.54, 1.807) is 6.07 Å². The molecule has 4 aromatic rings. The van der Waals surface area contributed by atoms with Gasteiger partial charge in [-0.1, -0.05) is 36.4 Å². The second-order valence-corrected chi connectivity index (χ2v) is 4.70. The van der Waals surface area contributed by atoms with Gasteiger partial charge in [-0.25, -0.2) is 14.3 Å². The van der Waals surface area contributed by atoms with Crippen LogP contribution in [-0.4, -0.2) is 19.5 Å². The second-order valence-electron chi connectivity index (χ2n) is 4.70. The van der Waals surface area contributed by atoms with Gasteiger partial charge < -0.3 is 4.98 Å². The Morgan fingerprint density at radius 2 is 1.81 bits per heavy atom. The zero-order valence-corrected chi connectivity index (χ0v) is 10.8. The van der Waals surface area contributed by atoms with E-state index >= 15 is 0 Å². The van der Waals surface area contributed by atoms with E-state index in [1.165, 1.54) is 6.33 Å². The Hall–Kier alpha value is -3.15. The molecule has 0 unspecified atom stereocenters. The number of fused-ring (bicyclic) bond motifs is 2. The monoisotopic (exact) mass is 278 g/mol. The Morgan fingerprint density at radius 3 is 2.71 bits per heavy atom. The molecule has 2 heterocycles. The lowest BCUT2D eigenvalue weighted by Gasteiger charge is -2.08. The first-order chi connectivity index (χ1) is 10.3. The molecule has 0 fully saturated rings. The van der Waals surface area contributed by atoms with Crippen LogP contribution >= 0.6 is 0 Å². The molecule has 2 aromatic heterocycles. The van der Waals surface area contributed by atoms with Gasteiger partial charge in [-0.15, -0.1) is 0 Å². The molecule has 0 aliphatic heterocycles. The summed E-state index contributed by atoms with van der Waals surface area (Å²) in [6.45, 7) is 0. The Labute approximate surface area is 117 Å². The molecule has 0 amide bonds. The number of H-pyrrole nitrogens is 2. The maximum absolute atomic E-state index is 12.5. The summed E-state index contributed by atoms with van der Waals surface area (Å²) in [6, 6.07) is 13.1. The predicted octanol–water partition coefficient (Wildman–Crippen LogP) is 1.56. The van der Waals surface area contributed by atoms with Crippen molar-refractivity contribution < 1.29 is 0 Å². The molecule has 6 nitrogen and oxygen atoms in total. The lowest BCUT2D eigenvalue weighted by Crippen LogP contribution is -2.33. The average Bonchev–Trinajstić information content (AvgIpc) is 2.96. The highest BCUT2D eigenvalue weighted by atomic mass is 16.2. The van der Waals surface area contributed by atoms with Crippen LogP contribution < -0.4 is 11.2 Å². The molecule has 0 aliphatic rings. The van der Waals surface area contributed by atoms with Crippen LogP contribution in [0.2, 0.25) is 0 Å². The standard InChI is InChI=1S/C15H10N4O2/c20-14-12-13(17-8-16-12)18-15(21)19(14)11-7-3-5-9-4-1-2-6-10(9)11/h1-8H,(H,16,17)(H,18,21). The van der Waals surface area contributed by atoms with E-state index in [-0.39, 0.29) is 11.2 Å². The third-order valence-corrected chi connectivity index (χ3v) is 3.49. The van der Waals surface area contributed by atoms with Crippen molar-refractivity contribution in [1.29, 1.82) is 0 Å². The third-order valence-electron chi connectivity index (χ3n) is 3.49. The number of nitrogens with zero attached hydrogens (tertiary/aromatic N) is 2. The molecule has 21 heavy (non-hydrogen) atoms. The summed E-state index contributed by atoms with van der Waals surface area (Å²) in [5.74, 6) is 0. The van der Waals surface area contributed by atoms with Gasteiger partial charge in [0.15, 0.2) is 5.65 Å². The Kier molecular flexibility index (Phi) is 2.32. The van der Waals surface area contributed by atoms with Crippen LogP contribution in [0.4, 0.5) is 0 Å². The number of benzene rings is 2. The van der Waals surface area contributed by atoms with Crippen LogP contribution in [0.3, 0.4) is 0 Å². The smallest absolute Gasteiger partial charge is 0.334 e. The molecule has 0 aliphatic carbocycles. The lowest BCUT2D eigenvalue weighted by atomic mass is 10.1. The summed E-state index contributed by atoms with van der Waals surface area (Å²) in [7, 11) is 0. The van der Waals surface area contributed by atoms with Crippen molar-refractivity contribution in [3.8, 4) is 5.69 Å². The quantitative estimate of drug-likeness (QED) is 0.554. The van der Waals surface area contributed by atoms with Crippen LogP contribution in [0.15, 0.2) is 58.4 Å². The number of rotatable bonds is 1. The molecular weight excluding hydrogens is 268 g/mol. The second kappa shape index (κ2) is 4.17. The van der Waals surface area contributed by atoms with Crippen LogP contribution in [0.25, 0.3) is 27.6 Å². The highest BCUT2D eigenvalue weighted by molar-refractivity contribution is 5.90. The maximum Gasteiger partial charge on any atom is 0.334 e. The van der Waals surface area contributed by atoms with Gasteiger partial charge >= 0.3 is 5.69 Å². The first-order valence-electron chi connectivity index (χ1n) is 6.42. The molecule has 0 saturated heterocycles. The normalized spacial score (nSPS) is 11.2. The maximum atomic E-state index is 12.5. The molecule has 6 heteroatoms. The van der Waals surface area contributed by atoms with Gasteiger partial charge in [0.1, 0.15) is 5.52 Å². The zero-order chi connectivity index (χ0) is 14.4. The fourth-order valence-corrected chi connectivity index (χ4v) is 2.54. The van der Waals surface area contributed by atoms with Crippen LogP contribution in [0.1, 0.15) is 0 Å². The third kappa shape index (κ3) is 1.62. The van der Waals surface area contributed by atoms with E-state index in [1.807, 2.05) is 36.4 Å². The summed E-state index contributed by atoms with van der Waals surface area (Å²) < 4.78 is 1.13. The molecule has 2 aromatic carbocycles. The summed E-state index contributed by atoms with van der Waals surface area (Å²) in [5, 5.41) is 1.80. The summed E-state index contributed by atoms with van der Waals surface area (Å²) >= 11 is 0. The molecule has 0 atom stereocenters. The minimum absolute atomic E-state index is 0.265. The fourth-order valence-electron chi connectivity index (χ4n) is 2.54. The molecule has 4 rings (SSSR count). The van der Waals surface area contributed by atoms with Crippen molar-refractivity contribution in [3.63, 3.8) is 0 Å². The van der Waals surface area contributed by atoms with Gasteiger partial charge in [-0.2, -0.15) is 0 Å². The first-order valence-corrected chi connectivity index (χ1v) is 6.42. The molecule has 0 saturated carbocycles. The van der Waals surface area contributed by atoms with E-state index in [0.717, 1.165) is 15.3 Å². The van der Waals surface area contributed by atoms with Crippen LogP contribution in [-0.2, 0) is 0 Å². The van der Waals surface area contributed by atoms with E-state index in [0.29, 0.717) is 5.69 Å². The SMILES string of the molecule is O=c1[nH]c2nc[nH]c2c(=O)n1-c1cccc2ccccc12. The predicted molar refractivity (Wildman–Crippen MR) is 79.8 cm³/mol. The van der Waals surface area contributed by atoms with E-state index in [9.17, 15) is 9.59 Å². The molecule has 2 N–H and O–H groups in total.